The van der Waals surface area contributed by atoms with Crippen LogP contribution in [0.15, 0.2) is 54.6 Å². The number of carbonyl (C=O) groups excluding carboxylic acids is 2. The van der Waals surface area contributed by atoms with Crippen molar-refractivity contribution in [2.75, 3.05) is 32.1 Å². The number of rotatable bonds is 8. The molecule has 2 amide bonds. The zero-order valence-electron chi connectivity index (χ0n) is 17.8. The highest BCUT2D eigenvalue weighted by Crippen LogP contribution is 2.29. The number of thiophene rings is 1. The fraction of sp³-hybridized carbons (Fsp3) is 0.250. The van der Waals surface area contributed by atoms with E-state index in [1.54, 1.807) is 25.3 Å². The number of nitrogens with one attached hydrogen (secondary N) is 1. The molecule has 0 aliphatic rings. The average molecular weight is 441 g/mol. The zero-order valence-corrected chi connectivity index (χ0v) is 18.6. The molecule has 0 aliphatic carbocycles. The van der Waals surface area contributed by atoms with Crippen molar-refractivity contribution in [1.82, 2.24) is 4.90 Å². The second kappa shape index (κ2) is 10.3. The smallest absolute Gasteiger partial charge is 0.264 e. The molecule has 1 aromatic heterocycles. The number of carbonyl (C=O) groups is 2. The SMILES string of the molecule is COCCN(CC(=O)Nc1cccc(C)c1C)C(=O)c1ccc(-c2ccc(F)cc2)s1. The molecule has 1 N–H and O–H groups in total. The van der Waals surface area contributed by atoms with E-state index >= 15 is 0 Å². The summed E-state index contributed by atoms with van der Waals surface area (Å²) in [6.45, 7) is 4.45. The molecule has 0 aliphatic heterocycles. The Labute approximate surface area is 185 Å². The molecule has 0 saturated heterocycles. The van der Waals surface area contributed by atoms with Crippen LogP contribution in [-0.4, -0.2) is 43.5 Å². The van der Waals surface area contributed by atoms with Crippen molar-refractivity contribution in [3.05, 3.63) is 76.4 Å². The van der Waals surface area contributed by atoms with Crippen LogP contribution >= 0.6 is 11.3 Å². The van der Waals surface area contributed by atoms with Gasteiger partial charge in [0.25, 0.3) is 5.91 Å². The minimum Gasteiger partial charge on any atom is -0.383 e. The Morgan fingerprint density at radius 2 is 1.81 bits per heavy atom. The number of aryl methyl sites for hydroxylation is 1. The summed E-state index contributed by atoms with van der Waals surface area (Å²) in [6, 6.07) is 15.4. The van der Waals surface area contributed by atoms with Crippen LogP contribution in [0, 0.1) is 19.7 Å². The first-order valence-electron chi connectivity index (χ1n) is 9.89. The average Bonchev–Trinajstić information content (AvgIpc) is 3.24. The lowest BCUT2D eigenvalue weighted by Gasteiger charge is -2.21. The lowest BCUT2D eigenvalue weighted by Crippen LogP contribution is -2.39. The van der Waals surface area contributed by atoms with Gasteiger partial charge in [0.15, 0.2) is 0 Å². The summed E-state index contributed by atoms with van der Waals surface area (Å²) in [6.07, 6.45) is 0. The third-order valence-electron chi connectivity index (χ3n) is 5.01. The maximum atomic E-state index is 13.2. The summed E-state index contributed by atoms with van der Waals surface area (Å²) < 4.78 is 18.3. The van der Waals surface area contributed by atoms with E-state index < -0.39 is 0 Å². The van der Waals surface area contributed by atoms with Gasteiger partial charge in [-0.15, -0.1) is 11.3 Å². The molecular weight excluding hydrogens is 415 g/mol. The number of ether oxygens (including phenoxy) is 1. The van der Waals surface area contributed by atoms with Crippen molar-refractivity contribution in [3.8, 4) is 10.4 Å². The number of methoxy groups -OCH3 is 1. The number of amides is 2. The van der Waals surface area contributed by atoms with Gasteiger partial charge < -0.3 is 15.0 Å². The molecule has 0 radical (unpaired) electrons. The van der Waals surface area contributed by atoms with Crippen LogP contribution < -0.4 is 5.32 Å². The standard InChI is InChI=1S/C24H25FN2O3S/c1-16-5-4-6-20(17(16)2)26-23(28)15-27(13-14-30-3)24(29)22-12-11-21(31-22)18-7-9-19(25)10-8-18/h4-12H,13-15H2,1-3H3,(H,26,28). The molecule has 7 heteroatoms. The fourth-order valence-electron chi connectivity index (χ4n) is 3.08. The van der Waals surface area contributed by atoms with Crippen molar-refractivity contribution >= 4 is 28.8 Å². The highest BCUT2D eigenvalue weighted by atomic mass is 32.1. The maximum absolute atomic E-state index is 13.2. The van der Waals surface area contributed by atoms with Crippen LogP contribution in [0.2, 0.25) is 0 Å². The van der Waals surface area contributed by atoms with Crippen LogP contribution in [0.3, 0.4) is 0 Å². The predicted molar refractivity (Wildman–Crippen MR) is 122 cm³/mol. The first-order chi connectivity index (χ1) is 14.9. The van der Waals surface area contributed by atoms with Gasteiger partial charge in [-0.05, 0) is 60.9 Å². The van der Waals surface area contributed by atoms with E-state index in [9.17, 15) is 14.0 Å². The molecule has 31 heavy (non-hydrogen) atoms. The molecule has 5 nitrogen and oxygen atoms in total. The van der Waals surface area contributed by atoms with Gasteiger partial charge in [-0.2, -0.15) is 0 Å². The van der Waals surface area contributed by atoms with Crippen molar-refractivity contribution in [2.45, 2.75) is 13.8 Å². The minimum atomic E-state index is -0.308. The second-order valence-corrected chi connectivity index (χ2v) is 8.27. The van der Waals surface area contributed by atoms with Crippen molar-refractivity contribution < 1.29 is 18.7 Å². The quantitative estimate of drug-likeness (QED) is 0.542. The summed E-state index contributed by atoms with van der Waals surface area (Å²) in [5, 5.41) is 2.89. The summed E-state index contributed by atoms with van der Waals surface area (Å²) in [5.74, 6) is -0.822. The number of nitrogens with zero attached hydrogens (tertiary/aromatic N) is 1. The molecule has 0 fully saturated rings. The number of hydrogen-bond donors (Lipinski definition) is 1. The Hall–Kier alpha value is -3.03. The van der Waals surface area contributed by atoms with Crippen molar-refractivity contribution in [2.24, 2.45) is 0 Å². The molecule has 162 valence electrons. The Kier molecular flexibility index (Phi) is 7.55. The van der Waals surface area contributed by atoms with Crippen LogP contribution in [0.5, 0.6) is 0 Å². The number of benzene rings is 2. The largest absolute Gasteiger partial charge is 0.383 e. The number of hydrogen-bond acceptors (Lipinski definition) is 4. The molecule has 3 aromatic rings. The summed E-state index contributed by atoms with van der Waals surface area (Å²) in [5.41, 5.74) is 3.64. The van der Waals surface area contributed by atoms with Gasteiger partial charge >= 0.3 is 0 Å². The molecule has 0 atom stereocenters. The third kappa shape index (κ3) is 5.77. The molecule has 2 aromatic carbocycles. The van der Waals surface area contributed by atoms with E-state index in [0.717, 1.165) is 27.3 Å². The third-order valence-corrected chi connectivity index (χ3v) is 6.13. The Bertz CT molecular complexity index is 1060. The van der Waals surface area contributed by atoms with Crippen molar-refractivity contribution in [3.63, 3.8) is 0 Å². The van der Waals surface area contributed by atoms with Gasteiger partial charge in [0.2, 0.25) is 5.91 Å². The van der Waals surface area contributed by atoms with E-state index in [-0.39, 0.29) is 24.2 Å². The second-order valence-electron chi connectivity index (χ2n) is 7.19. The number of anilines is 1. The van der Waals surface area contributed by atoms with E-state index in [1.165, 1.54) is 28.4 Å². The minimum absolute atomic E-state index is 0.0840. The maximum Gasteiger partial charge on any atom is 0.264 e. The predicted octanol–water partition coefficient (Wildman–Crippen LogP) is 4.90. The molecule has 0 bridgehead atoms. The van der Waals surface area contributed by atoms with Crippen molar-refractivity contribution in [1.29, 1.82) is 0 Å². The van der Waals surface area contributed by atoms with Gasteiger partial charge in [0.05, 0.1) is 11.5 Å². The summed E-state index contributed by atoms with van der Waals surface area (Å²) in [4.78, 5) is 28.6. The Morgan fingerprint density at radius 1 is 1.06 bits per heavy atom. The van der Waals surface area contributed by atoms with Gasteiger partial charge in [0.1, 0.15) is 12.4 Å². The highest BCUT2D eigenvalue weighted by Gasteiger charge is 2.21. The van der Waals surface area contributed by atoms with E-state index in [1.807, 2.05) is 38.1 Å². The van der Waals surface area contributed by atoms with Crippen LogP contribution in [0.1, 0.15) is 20.8 Å². The van der Waals surface area contributed by atoms with E-state index in [4.69, 9.17) is 4.74 Å². The summed E-state index contributed by atoms with van der Waals surface area (Å²) in [7, 11) is 1.55. The first-order valence-corrected chi connectivity index (χ1v) is 10.7. The summed E-state index contributed by atoms with van der Waals surface area (Å²) >= 11 is 1.31. The highest BCUT2D eigenvalue weighted by molar-refractivity contribution is 7.17. The first kappa shape index (κ1) is 22.7. The molecule has 3 rings (SSSR count). The lowest BCUT2D eigenvalue weighted by molar-refractivity contribution is -0.117. The van der Waals surface area contributed by atoms with E-state index in [2.05, 4.69) is 5.32 Å². The van der Waals surface area contributed by atoms with Crippen LogP contribution in [-0.2, 0) is 9.53 Å². The fourth-order valence-corrected chi connectivity index (χ4v) is 4.06. The molecule has 1 heterocycles. The van der Waals surface area contributed by atoms with Gasteiger partial charge in [-0.1, -0.05) is 24.3 Å². The monoisotopic (exact) mass is 440 g/mol. The molecule has 0 spiro atoms. The normalized spacial score (nSPS) is 10.7. The molecule has 0 saturated carbocycles. The van der Waals surface area contributed by atoms with E-state index in [0.29, 0.717) is 18.0 Å². The van der Waals surface area contributed by atoms with Crippen LogP contribution in [0.25, 0.3) is 10.4 Å². The molecule has 0 unspecified atom stereocenters. The Balaban J connectivity index is 1.74. The lowest BCUT2D eigenvalue weighted by atomic mass is 10.1. The zero-order chi connectivity index (χ0) is 22.4. The van der Waals surface area contributed by atoms with Gasteiger partial charge in [-0.25, -0.2) is 4.39 Å². The van der Waals surface area contributed by atoms with Crippen LogP contribution in [0.4, 0.5) is 10.1 Å². The topological polar surface area (TPSA) is 58.6 Å². The van der Waals surface area contributed by atoms with Gasteiger partial charge in [0, 0.05) is 24.2 Å². The van der Waals surface area contributed by atoms with Gasteiger partial charge in [-0.3, -0.25) is 9.59 Å². The molecular formula is C24H25FN2O3S. The number of halogens is 1. The Morgan fingerprint density at radius 3 is 2.52 bits per heavy atom.